The van der Waals surface area contributed by atoms with Crippen LogP contribution in [0.15, 0.2) is 4.99 Å². The summed E-state index contributed by atoms with van der Waals surface area (Å²) in [6.07, 6.45) is 9.64. The first-order valence-electron chi connectivity index (χ1n) is 7.49. The highest BCUT2D eigenvalue weighted by molar-refractivity contribution is 14.0. The zero-order chi connectivity index (χ0) is 12.6. The predicted octanol–water partition coefficient (Wildman–Crippen LogP) is 2.61. The second-order valence-electron chi connectivity index (χ2n) is 5.51. The summed E-state index contributed by atoms with van der Waals surface area (Å²) in [4.78, 5) is 6.75. The van der Waals surface area contributed by atoms with E-state index in [2.05, 4.69) is 9.89 Å². The fourth-order valence-electron chi connectivity index (χ4n) is 2.84. The first-order chi connectivity index (χ1) is 8.86. The molecule has 2 rings (SSSR count). The number of aliphatic imine (C=N–C) groups is 1. The highest BCUT2D eigenvalue weighted by atomic mass is 127. The number of nitrogens with zero attached hydrogens (tertiary/aromatic N) is 2. The van der Waals surface area contributed by atoms with Gasteiger partial charge in [-0.05, 0) is 18.8 Å². The van der Waals surface area contributed by atoms with Gasteiger partial charge in [-0.15, -0.1) is 24.0 Å². The van der Waals surface area contributed by atoms with E-state index in [9.17, 15) is 0 Å². The molecule has 19 heavy (non-hydrogen) atoms. The maximum Gasteiger partial charge on any atom is 0.191 e. The monoisotopic (exact) mass is 381 g/mol. The van der Waals surface area contributed by atoms with E-state index in [1.807, 2.05) is 0 Å². The SMILES string of the molecule is I.NC(=NCC1CCCCCCC1)N1CCOCC1. The lowest BCUT2D eigenvalue weighted by molar-refractivity contribution is 0.0673. The van der Waals surface area contributed by atoms with Gasteiger partial charge in [-0.2, -0.15) is 0 Å². The molecule has 112 valence electrons. The maximum absolute atomic E-state index is 6.06. The standard InChI is InChI=1S/C14H27N3O.HI/c15-14(17-8-10-18-11-9-17)16-12-13-6-4-2-1-3-5-7-13;/h13H,1-12H2,(H2,15,16);1H. The average molecular weight is 381 g/mol. The smallest absolute Gasteiger partial charge is 0.191 e. The summed E-state index contributed by atoms with van der Waals surface area (Å²) in [7, 11) is 0. The Labute approximate surface area is 134 Å². The molecule has 0 aromatic heterocycles. The number of nitrogens with two attached hydrogens (primary N) is 1. The molecular weight excluding hydrogens is 353 g/mol. The summed E-state index contributed by atoms with van der Waals surface area (Å²) in [5.74, 6) is 1.48. The first-order valence-corrected chi connectivity index (χ1v) is 7.49. The Morgan fingerprint density at radius 1 is 1.05 bits per heavy atom. The highest BCUT2D eigenvalue weighted by Crippen LogP contribution is 2.22. The van der Waals surface area contributed by atoms with E-state index >= 15 is 0 Å². The summed E-state index contributed by atoms with van der Waals surface area (Å²) in [5.41, 5.74) is 6.06. The van der Waals surface area contributed by atoms with E-state index in [0.717, 1.165) is 44.7 Å². The van der Waals surface area contributed by atoms with Crippen LogP contribution in [0.25, 0.3) is 0 Å². The molecule has 0 aromatic carbocycles. The first kappa shape index (κ1) is 17.0. The molecule has 0 bridgehead atoms. The number of halogens is 1. The summed E-state index contributed by atoms with van der Waals surface area (Å²) in [6, 6.07) is 0. The Bertz CT molecular complexity index is 259. The third-order valence-corrected chi connectivity index (χ3v) is 4.07. The summed E-state index contributed by atoms with van der Waals surface area (Å²) >= 11 is 0. The Kier molecular flexibility index (Phi) is 8.77. The van der Waals surface area contributed by atoms with Gasteiger partial charge in [-0.1, -0.05) is 32.1 Å². The highest BCUT2D eigenvalue weighted by Gasteiger charge is 2.14. The second-order valence-corrected chi connectivity index (χ2v) is 5.51. The van der Waals surface area contributed by atoms with Gasteiger partial charge in [0.15, 0.2) is 5.96 Å². The Hall–Kier alpha value is -0.0400. The molecule has 4 nitrogen and oxygen atoms in total. The molecule has 0 amide bonds. The third kappa shape index (κ3) is 6.29. The van der Waals surface area contributed by atoms with Crippen LogP contribution in [0.1, 0.15) is 44.9 Å². The quantitative estimate of drug-likeness (QED) is 0.455. The largest absolute Gasteiger partial charge is 0.378 e. The molecule has 2 aliphatic rings. The Balaban J connectivity index is 0.00000180. The van der Waals surface area contributed by atoms with Gasteiger partial charge in [0.1, 0.15) is 0 Å². The summed E-state index contributed by atoms with van der Waals surface area (Å²) in [5, 5.41) is 0. The van der Waals surface area contributed by atoms with Gasteiger partial charge in [0.25, 0.3) is 0 Å². The molecule has 5 heteroatoms. The lowest BCUT2D eigenvalue weighted by Gasteiger charge is -2.28. The molecule has 1 heterocycles. The Morgan fingerprint density at radius 2 is 1.63 bits per heavy atom. The van der Waals surface area contributed by atoms with Crippen molar-refractivity contribution in [2.75, 3.05) is 32.8 Å². The number of guanidine groups is 1. The van der Waals surface area contributed by atoms with Gasteiger partial charge in [0.05, 0.1) is 13.2 Å². The minimum absolute atomic E-state index is 0. The number of morpholine rings is 1. The molecule has 2 fully saturated rings. The molecule has 0 spiro atoms. The average Bonchev–Trinajstić information content (AvgIpc) is 2.38. The third-order valence-electron chi connectivity index (χ3n) is 4.07. The van der Waals surface area contributed by atoms with Crippen molar-refractivity contribution in [1.29, 1.82) is 0 Å². The van der Waals surface area contributed by atoms with Crippen LogP contribution >= 0.6 is 24.0 Å². The fourth-order valence-corrected chi connectivity index (χ4v) is 2.84. The van der Waals surface area contributed by atoms with Crippen molar-refractivity contribution in [1.82, 2.24) is 4.90 Å². The molecule has 0 radical (unpaired) electrons. The van der Waals surface area contributed by atoms with E-state index in [-0.39, 0.29) is 24.0 Å². The normalized spacial score (nSPS) is 23.4. The van der Waals surface area contributed by atoms with E-state index in [4.69, 9.17) is 10.5 Å². The van der Waals surface area contributed by atoms with E-state index in [1.54, 1.807) is 0 Å². The topological polar surface area (TPSA) is 50.8 Å². The van der Waals surface area contributed by atoms with Crippen molar-refractivity contribution in [3.63, 3.8) is 0 Å². The van der Waals surface area contributed by atoms with Crippen LogP contribution in [-0.2, 0) is 4.74 Å². The Morgan fingerprint density at radius 3 is 2.26 bits per heavy atom. The predicted molar refractivity (Wildman–Crippen MR) is 90.1 cm³/mol. The molecule has 2 N–H and O–H groups in total. The van der Waals surface area contributed by atoms with Crippen molar-refractivity contribution in [2.45, 2.75) is 44.9 Å². The number of ether oxygens (including phenoxy) is 1. The molecule has 1 aliphatic heterocycles. The van der Waals surface area contributed by atoms with Crippen molar-refractivity contribution in [3.8, 4) is 0 Å². The van der Waals surface area contributed by atoms with E-state index in [1.165, 1.54) is 44.9 Å². The van der Waals surface area contributed by atoms with E-state index in [0.29, 0.717) is 0 Å². The lowest BCUT2D eigenvalue weighted by atomic mass is 9.91. The zero-order valence-electron chi connectivity index (χ0n) is 11.9. The van der Waals surface area contributed by atoms with Gasteiger partial charge in [0, 0.05) is 19.6 Å². The molecule has 0 aromatic rings. The zero-order valence-corrected chi connectivity index (χ0v) is 14.2. The van der Waals surface area contributed by atoms with Gasteiger partial charge >= 0.3 is 0 Å². The van der Waals surface area contributed by atoms with Gasteiger partial charge in [-0.3, -0.25) is 4.99 Å². The molecule has 1 saturated heterocycles. The van der Waals surface area contributed by atoms with Crippen molar-refractivity contribution >= 4 is 29.9 Å². The number of hydrogen-bond acceptors (Lipinski definition) is 2. The van der Waals surface area contributed by atoms with Gasteiger partial charge in [0.2, 0.25) is 0 Å². The maximum atomic E-state index is 6.06. The van der Waals surface area contributed by atoms with Crippen molar-refractivity contribution in [3.05, 3.63) is 0 Å². The van der Waals surface area contributed by atoms with Crippen LogP contribution in [0, 0.1) is 5.92 Å². The fraction of sp³-hybridized carbons (Fsp3) is 0.929. The van der Waals surface area contributed by atoms with Crippen molar-refractivity contribution < 1.29 is 4.74 Å². The van der Waals surface area contributed by atoms with Crippen molar-refractivity contribution in [2.24, 2.45) is 16.6 Å². The van der Waals surface area contributed by atoms with E-state index < -0.39 is 0 Å². The van der Waals surface area contributed by atoms with Crippen LogP contribution in [-0.4, -0.2) is 43.7 Å². The summed E-state index contributed by atoms with van der Waals surface area (Å²) in [6.45, 7) is 4.25. The molecule has 1 saturated carbocycles. The van der Waals surface area contributed by atoms with Crippen LogP contribution in [0.3, 0.4) is 0 Å². The van der Waals surface area contributed by atoms with Crippen LogP contribution in [0.5, 0.6) is 0 Å². The lowest BCUT2D eigenvalue weighted by Crippen LogP contribution is -2.45. The molecule has 1 aliphatic carbocycles. The van der Waals surface area contributed by atoms with Crippen LogP contribution in [0.4, 0.5) is 0 Å². The molecule has 0 unspecified atom stereocenters. The minimum atomic E-state index is 0. The van der Waals surface area contributed by atoms with Gasteiger partial charge < -0.3 is 15.4 Å². The summed E-state index contributed by atoms with van der Waals surface area (Å²) < 4.78 is 5.32. The second kappa shape index (κ2) is 9.80. The van der Waals surface area contributed by atoms with Crippen LogP contribution in [0.2, 0.25) is 0 Å². The minimum Gasteiger partial charge on any atom is -0.378 e. The molecule has 0 atom stereocenters. The number of hydrogen-bond donors (Lipinski definition) is 1. The van der Waals surface area contributed by atoms with Gasteiger partial charge in [-0.25, -0.2) is 0 Å². The van der Waals surface area contributed by atoms with Crippen LogP contribution < -0.4 is 5.73 Å². The number of rotatable bonds is 2. The molecular formula is C14H28IN3O.